The number of morpholine rings is 1. The van der Waals surface area contributed by atoms with Crippen LogP contribution in [0.15, 0.2) is 52.3 Å². The number of para-hydroxylation sites is 1. The number of hydrogen-bond donors (Lipinski definition) is 1. The van der Waals surface area contributed by atoms with E-state index in [1.165, 1.54) is 12.1 Å². The highest BCUT2D eigenvalue weighted by Crippen LogP contribution is 2.54. The zero-order valence-corrected chi connectivity index (χ0v) is 24.9. The number of thioether (sulfide) groups is 1. The lowest BCUT2D eigenvalue weighted by molar-refractivity contribution is -0.138. The Labute approximate surface area is 257 Å². The number of thiazole rings is 1. The van der Waals surface area contributed by atoms with Gasteiger partial charge in [0.1, 0.15) is 5.25 Å². The molecule has 2 aromatic carbocycles. The molecule has 3 amide bonds. The number of ether oxygens (including phenoxy) is 3. The standard InChI is InChI=1S/C29H26F3N3O7S2/c1-2-41-19-13-15(7-8-18(19)42-14-20(36)34-9-11-40-12-10-34)21-22-24(43-25-23(21)44-28(39)33-25)27(38)35(26(22)37)17-6-4-3-5-16(17)29(30,31)32/h3-8,13,21-22,24H,2,9-12,14H2,1H3,(H,33,39). The molecule has 3 aromatic rings. The first-order valence-electron chi connectivity index (χ1n) is 13.8. The largest absolute Gasteiger partial charge is 0.490 e. The predicted octanol–water partition coefficient (Wildman–Crippen LogP) is 3.89. The molecule has 3 aliphatic heterocycles. The Morgan fingerprint density at radius 2 is 1.80 bits per heavy atom. The topological polar surface area (TPSA) is 118 Å². The molecular weight excluding hydrogens is 623 g/mol. The van der Waals surface area contributed by atoms with Crippen LogP contribution in [0.3, 0.4) is 0 Å². The summed E-state index contributed by atoms with van der Waals surface area (Å²) >= 11 is 1.84. The van der Waals surface area contributed by atoms with Crippen molar-refractivity contribution in [2.75, 3.05) is 44.4 Å². The Bertz CT molecular complexity index is 1670. The maximum atomic E-state index is 14.0. The third-order valence-electron chi connectivity index (χ3n) is 7.62. The van der Waals surface area contributed by atoms with Gasteiger partial charge in [-0.2, -0.15) is 13.2 Å². The molecule has 0 spiro atoms. The summed E-state index contributed by atoms with van der Waals surface area (Å²) in [5.74, 6) is -3.21. The number of alkyl halides is 3. The lowest BCUT2D eigenvalue weighted by Gasteiger charge is -2.30. The van der Waals surface area contributed by atoms with E-state index in [4.69, 9.17) is 14.2 Å². The Balaban J connectivity index is 1.36. The highest BCUT2D eigenvalue weighted by molar-refractivity contribution is 8.00. The second kappa shape index (κ2) is 11.9. The number of H-pyrrole nitrogens is 1. The number of benzene rings is 2. The van der Waals surface area contributed by atoms with Gasteiger partial charge in [0.05, 0.1) is 42.0 Å². The van der Waals surface area contributed by atoms with Crippen LogP contribution in [-0.4, -0.2) is 72.4 Å². The van der Waals surface area contributed by atoms with E-state index in [9.17, 15) is 32.3 Å². The van der Waals surface area contributed by atoms with Crippen LogP contribution in [0, 0.1) is 5.92 Å². The fourth-order valence-electron chi connectivity index (χ4n) is 5.67. The fourth-order valence-corrected chi connectivity index (χ4v) is 8.19. The summed E-state index contributed by atoms with van der Waals surface area (Å²) in [6.07, 6.45) is -4.80. The zero-order valence-electron chi connectivity index (χ0n) is 23.2. The molecule has 10 nitrogen and oxygen atoms in total. The van der Waals surface area contributed by atoms with Gasteiger partial charge < -0.3 is 24.1 Å². The van der Waals surface area contributed by atoms with Crippen LogP contribution >= 0.6 is 23.1 Å². The zero-order chi connectivity index (χ0) is 31.2. The third-order valence-corrected chi connectivity index (χ3v) is 10.0. The van der Waals surface area contributed by atoms with Crippen molar-refractivity contribution in [3.05, 3.63) is 68.1 Å². The summed E-state index contributed by atoms with van der Waals surface area (Å²) in [4.78, 5) is 57.8. The lowest BCUT2D eigenvalue weighted by atomic mass is 9.83. The van der Waals surface area contributed by atoms with E-state index in [1.807, 2.05) is 0 Å². The van der Waals surface area contributed by atoms with E-state index >= 15 is 0 Å². The Hall–Kier alpha value is -3.82. The molecule has 0 saturated carbocycles. The van der Waals surface area contributed by atoms with Crippen LogP contribution in [0.5, 0.6) is 11.5 Å². The molecule has 0 radical (unpaired) electrons. The second-order valence-electron chi connectivity index (χ2n) is 10.2. The highest BCUT2D eigenvalue weighted by atomic mass is 32.2. The van der Waals surface area contributed by atoms with E-state index in [2.05, 4.69) is 4.98 Å². The van der Waals surface area contributed by atoms with Crippen LogP contribution in [0.4, 0.5) is 18.9 Å². The van der Waals surface area contributed by atoms with E-state index in [0.29, 0.717) is 46.7 Å². The monoisotopic (exact) mass is 649 g/mol. The molecule has 1 N–H and O–H groups in total. The molecule has 0 aliphatic carbocycles. The highest BCUT2D eigenvalue weighted by Gasteiger charge is 2.57. The number of rotatable bonds is 7. The molecule has 1 aromatic heterocycles. The normalized spacial score (nSPS) is 21.7. The molecule has 4 heterocycles. The number of fused-ring (bicyclic) bond motifs is 2. The molecule has 2 fully saturated rings. The van der Waals surface area contributed by atoms with Crippen LogP contribution < -0.4 is 19.2 Å². The Kier molecular flexibility index (Phi) is 8.20. The number of aromatic amines is 1. The number of amides is 3. The van der Waals surface area contributed by atoms with Crippen molar-refractivity contribution in [1.82, 2.24) is 9.88 Å². The van der Waals surface area contributed by atoms with E-state index in [0.717, 1.165) is 35.2 Å². The van der Waals surface area contributed by atoms with Crippen molar-refractivity contribution >= 4 is 46.5 Å². The number of anilines is 1. The number of carbonyl (C=O) groups is 3. The minimum atomic E-state index is -4.80. The van der Waals surface area contributed by atoms with Gasteiger partial charge >= 0.3 is 11.0 Å². The van der Waals surface area contributed by atoms with Crippen molar-refractivity contribution in [3.63, 3.8) is 0 Å². The molecule has 232 valence electrons. The van der Waals surface area contributed by atoms with Gasteiger partial charge in [0.2, 0.25) is 11.8 Å². The summed E-state index contributed by atoms with van der Waals surface area (Å²) in [5.41, 5.74) is -1.14. The lowest BCUT2D eigenvalue weighted by Crippen LogP contribution is -2.43. The number of aromatic nitrogens is 1. The SMILES string of the molecule is CCOc1cc(C2c3sc(=O)[nH]c3SC3C(=O)N(c4ccccc4C(F)(F)F)C(=O)C32)ccc1OCC(=O)N1CCOCC1. The van der Waals surface area contributed by atoms with Gasteiger partial charge in [0.15, 0.2) is 18.1 Å². The number of nitrogens with one attached hydrogen (secondary N) is 1. The van der Waals surface area contributed by atoms with Crippen molar-refractivity contribution in [2.45, 2.75) is 29.3 Å². The maximum Gasteiger partial charge on any atom is 0.418 e. The molecule has 3 unspecified atom stereocenters. The smallest absolute Gasteiger partial charge is 0.418 e. The van der Waals surface area contributed by atoms with E-state index in [1.54, 1.807) is 30.0 Å². The van der Waals surface area contributed by atoms with Gasteiger partial charge in [-0.05, 0) is 36.8 Å². The van der Waals surface area contributed by atoms with Gasteiger partial charge in [-0.3, -0.25) is 19.2 Å². The maximum absolute atomic E-state index is 14.0. The van der Waals surface area contributed by atoms with Gasteiger partial charge in [-0.25, -0.2) is 4.90 Å². The number of carbonyl (C=O) groups excluding carboxylic acids is 3. The molecule has 0 bridgehead atoms. The summed E-state index contributed by atoms with van der Waals surface area (Å²) < 4.78 is 58.6. The van der Waals surface area contributed by atoms with Crippen molar-refractivity contribution in [2.24, 2.45) is 5.92 Å². The molecule has 3 atom stereocenters. The average molecular weight is 650 g/mol. The van der Waals surface area contributed by atoms with Gasteiger partial charge in [0, 0.05) is 23.9 Å². The van der Waals surface area contributed by atoms with E-state index < -0.39 is 51.2 Å². The van der Waals surface area contributed by atoms with Gasteiger partial charge in [-0.1, -0.05) is 41.3 Å². The van der Waals surface area contributed by atoms with Crippen LogP contribution in [0.25, 0.3) is 0 Å². The minimum absolute atomic E-state index is 0.219. The number of nitrogens with zero attached hydrogens (tertiary/aromatic N) is 2. The molecule has 6 rings (SSSR count). The molecule has 2 saturated heterocycles. The van der Waals surface area contributed by atoms with Crippen LogP contribution in [-0.2, 0) is 25.3 Å². The average Bonchev–Trinajstić information content (AvgIpc) is 3.50. The predicted molar refractivity (Wildman–Crippen MR) is 154 cm³/mol. The Morgan fingerprint density at radius 3 is 2.52 bits per heavy atom. The summed E-state index contributed by atoms with van der Waals surface area (Å²) in [7, 11) is 0. The molecule has 3 aliphatic rings. The van der Waals surface area contributed by atoms with E-state index in [-0.39, 0.29) is 30.6 Å². The number of hydrogen-bond acceptors (Lipinski definition) is 9. The summed E-state index contributed by atoms with van der Waals surface area (Å²) in [5, 5.41) is -0.697. The third kappa shape index (κ3) is 5.48. The van der Waals surface area contributed by atoms with Gasteiger partial charge in [-0.15, -0.1) is 0 Å². The van der Waals surface area contributed by atoms with Crippen molar-refractivity contribution in [1.29, 1.82) is 0 Å². The summed E-state index contributed by atoms with van der Waals surface area (Å²) in [6.45, 7) is 3.57. The van der Waals surface area contributed by atoms with Crippen molar-refractivity contribution in [3.8, 4) is 11.5 Å². The minimum Gasteiger partial charge on any atom is -0.490 e. The van der Waals surface area contributed by atoms with Crippen LogP contribution in [0.1, 0.15) is 28.8 Å². The number of halogens is 3. The molecular formula is C29H26F3N3O7S2. The first kappa shape index (κ1) is 30.2. The Morgan fingerprint density at radius 1 is 1.05 bits per heavy atom. The quantitative estimate of drug-likeness (QED) is 0.384. The molecule has 15 heteroatoms. The molecule has 44 heavy (non-hydrogen) atoms. The summed E-state index contributed by atoms with van der Waals surface area (Å²) in [6, 6.07) is 9.30. The fraction of sp³-hybridized carbons (Fsp3) is 0.379. The number of imide groups is 1. The first-order valence-corrected chi connectivity index (χ1v) is 15.5. The van der Waals surface area contributed by atoms with Crippen molar-refractivity contribution < 1.29 is 41.8 Å². The first-order chi connectivity index (χ1) is 21.1. The van der Waals surface area contributed by atoms with Crippen LogP contribution in [0.2, 0.25) is 0 Å². The second-order valence-corrected chi connectivity index (χ2v) is 12.4. The van der Waals surface area contributed by atoms with Gasteiger partial charge in [0.25, 0.3) is 5.91 Å².